The third-order valence-corrected chi connectivity index (χ3v) is 3.56. The number of hydrogen-bond donors (Lipinski definition) is 1. The lowest BCUT2D eigenvalue weighted by Gasteiger charge is -2.32. The Bertz CT molecular complexity index is 297. The predicted octanol–water partition coefficient (Wildman–Crippen LogP) is 2.75. The lowest BCUT2D eigenvalue weighted by Crippen LogP contribution is -2.40. The minimum atomic E-state index is 0.604. The van der Waals surface area contributed by atoms with Crippen molar-refractivity contribution in [3.63, 3.8) is 0 Å². The summed E-state index contributed by atoms with van der Waals surface area (Å²) in [6.07, 6.45) is 0. The van der Waals surface area contributed by atoms with Crippen molar-refractivity contribution in [3.8, 4) is 0 Å². The molecule has 17 heavy (non-hydrogen) atoms. The van der Waals surface area contributed by atoms with Gasteiger partial charge in [-0.1, -0.05) is 44.2 Å². The topological polar surface area (TPSA) is 15.3 Å². The summed E-state index contributed by atoms with van der Waals surface area (Å²) in [5, 5.41) is 3.26. The van der Waals surface area contributed by atoms with Crippen LogP contribution in [-0.4, -0.2) is 31.1 Å². The maximum atomic E-state index is 3.26. The second-order valence-corrected chi connectivity index (χ2v) is 4.82. The summed E-state index contributed by atoms with van der Waals surface area (Å²) >= 11 is 0. The van der Waals surface area contributed by atoms with Gasteiger partial charge in [-0.25, -0.2) is 0 Å². The van der Waals surface area contributed by atoms with Crippen LogP contribution in [0.3, 0.4) is 0 Å². The monoisotopic (exact) mass is 234 g/mol. The minimum Gasteiger partial charge on any atom is -0.319 e. The van der Waals surface area contributed by atoms with Crippen LogP contribution in [0, 0.1) is 5.92 Å². The average Bonchev–Trinajstić information content (AvgIpc) is 2.36. The van der Waals surface area contributed by atoms with E-state index in [1.54, 1.807) is 0 Å². The number of hydrogen-bond acceptors (Lipinski definition) is 2. The summed E-state index contributed by atoms with van der Waals surface area (Å²) in [7, 11) is 2.02. The Balaban J connectivity index is 2.59. The molecule has 0 bridgehead atoms. The van der Waals surface area contributed by atoms with Gasteiger partial charge in [-0.2, -0.15) is 0 Å². The van der Waals surface area contributed by atoms with Gasteiger partial charge in [-0.3, -0.25) is 4.90 Å². The van der Waals surface area contributed by atoms with Gasteiger partial charge in [-0.05, 0) is 38.5 Å². The lowest BCUT2D eigenvalue weighted by molar-refractivity contribution is 0.160. The summed E-state index contributed by atoms with van der Waals surface area (Å²) in [6.45, 7) is 10.1. The molecular formula is C15H26N2. The van der Waals surface area contributed by atoms with Crippen molar-refractivity contribution < 1.29 is 0 Å². The Morgan fingerprint density at radius 3 is 2.35 bits per heavy atom. The van der Waals surface area contributed by atoms with E-state index in [0.29, 0.717) is 12.0 Å². The molecule has 2 nitrogen and oxygen atoms in total. The highest BCUT2D eigenvalue weighted by Gasteiger charge is 2.18. The van der Waals surface area contributed by atoms with E-state index in [1.807, 2.05) is 7.05 Å². The van der Waals surface area contributed by atoms with Gasteiger partial charge in [0, 0.05) is 12.6 Å². The summed E-state index contributed by atoms with van der Waals surface area (Å²) in [5.74, 6) is 0.670. The molecule has 0 heterocycles. The number of nitrogens with zero attached hydrogens (tertiary/aromatic N) is 1. The van der Waals surface area contributed by atoms with E-state index in [-0.39, 0.29) is 0 Å². The fourth-order valence-corrected chi connectivity index (χ4v) is 2.21. The number of rotatable bonds is 7. The van der Waals surface area contributed by atoms with Gasteiger partial charge in [0.2, 0.25) is 0 Å². The molecule has 96 valence electrons. The number of nitrogens with one attached hydrogen (secondary N) is 1. The molecule has 0 aliphatic rings. The van der Waals surface area contributed by atoms with Crippen LogP contribution in [-0.2, 0) is 6.54 Å². The van der Waals surface area contributed by atoms with Gasteiger partial charge in [-0.15, -0.1) is 0 Å². The molecule has 0 radical (unpaired) electrons. The van der Waals surface area contributed by atoms with Crippen molar-refractivity contribution in [2.75, 3.05) is 20.1 Å². The molecule has 0 aliphatic heterocycles. The minimum absolute atomic E-state index is 0.604. The highest BCUT2D eigenvalue weighted by molar-refractivity contribution is 5.14. The molecule has 0 aliphatic carbocycles. The smallest absolute Gasteiger partial charge is 0.0236 e. The van der Waals surface area contributed by atoms with E-state index in [9.17, 15) is 0 Å². The molecular weight excluding hydrogens is 208 g/mol. The van der Waals surface area contributed by atoms with Crippen LogP contribution in [0.25, 0.3) is 0 Å². The average molecular weight is 234 g/mol. The van der Waals surface area contributed by atoms with Crippen LogP contribution in [0.4, 0.5) is 0 Å². The third kappa shape index (κ3) is 4.49. The highest BCUT2D eigenvalue weighted by atomic mass is 15.1. The van der Waals surface area contributed by atoms with Gasteiger partial charge in [0.25, 0.3) is 0 Å². The van der Waals surface area contributed by atoms with Gasteiger partial charge in [0.1, 0.15) is 0 Å². The summed E-state index contributed by atoms with van der Waals surface area (Å²) in [6, 6.07) is 11.3. The fraction of sp³-hybridized carbons (Fsp3) is 0.600. The van der Waals surface area contributed by atoms with Crippen molar-refractivity contribution in [3.05, 3.63) is 35.9 Å². The van der Waals surface area contributed by atoms with E-state index in [2.05, 4.69) is 61.3 Å². The summed E-state index contributed by atoms with van der Waals surface area (Å²) in [4.78, 5) is 2.54. The second kappa shape index (κ2) is 7.46. The molecule has 2 unspecified atom stereocenters. The summed E-state index contributed by atoms with van der Waals surface area (Å²) < 4.78 is 0. The first-order valence-electron chi connectivity index (χ1n) is 6.61. The van der Waals surface area contributed by atoms with E-state index < -0.39 is 0 Å². The van der Waals surface area contributed by atoms with Crippen LogP contribution in [0.15, 0.2) is 30.3 Å². The molecule has 0 spiro atoms. The molecule has 0 aromatic heterocycles. The van der Waals surface area contributed by atoms with Crippen LogP contribution >= 0.6 is 0 Å². The normalized spacial score (nSPS) is 14.9. The van der Waals surface area contributed by atoms with Crippen molar-refractivity contribution in [1.29, 1.82) is 0 Å². The lowest BCUT2D eigenvalue weighted by atomic mass is 10.0. The van der Waals surface area contributed by atoms with E-state index >= 15 is 0 Å². The zero-order chi connectivity index (χ0) is 12.7. The molecule has 0 amide bonds. The van der Waals surface area contributed by atoms with Gasteiger partial charge >= 0.3 is 0 Å². The third-order valence-electron chi connectivity index (χ3n) is 3.56. The zero-order valence-corrected chi connectivity index (χ0v) is 11.6. The van der Waals surface area contributed by atoms with Crippen LogP contribution < -0.4 is 5.32 Å². The molecule has 1 rings (SSSR count). The van der Waals surface area contributed by atoms with Crippen molar-refractivity contribution >= 4 is 0 Å². The molecule has 1 N–H and O–H groups in total. The standard InChI is InChI=1S/C15H26N2/c1-5-17(14(3)13(2)11-16-4)12-15-9-7-6-8-10-15/h6-10,13-14,16H,5,11-12H2,1-4H3. The van der Waals surface area contributed by atoms with Crippen LogP contribution in [0.5, 0.6) is 0 Å². The first-order chi connectivity index (χ1) is 8.19. The van der Waals surface area contributed by atoms with Crippen molar-refractivity contribution in [2.45, 2.75) is 33.4 Å². The van der Waals surface area contributed by atoms with Crippen LogP contribution in [0.1, 0.15) is 26.3 Å². The highest BCUT2D eigenvalue weighted by Crippen LogP contribution is 2.14. The molecule has 2 atom stereocenters. The molecule has 0 saturated heterocycles. The molecule has 1 aromatic carbocycles. The SMILES string of the molecule is CCN(Cc1ccccc1)C(C)C(C)CNC. The zero-order valence-electron chi connectivity index (χ0n) is 11.6. The van der Waals surface area contributed by atoms with Crippen molar-refractivity contribution in [1.82, 2.24) is 10.2 Å². The van der Waals surface area contributed by atoms with Gasteiger partial charge < -0.3 is 5.32 Å². The van der Waals surface area contributed by atoms with Gasteiger partial charge in [0.15, 0.2) is 0 Å². The Kier molecular flexibility index (Phi) is 6.23. The Morgan fingerprint density at radius 1 is 1.18 bits per heavy atom. The Morgan fingerprint density at radius 2 is 1.82 bits per heavy atom. The maximum Gasteiger partial charge on any atom is 0.0236 e. The largest absolute Gasteiger partial charge is 0.319 e. The molecule has 0 saturated carbocycles. The molecule has 0 fully saturated rings. The molecule has 2 heteroatoms. The fourth-order valence-electron chi connectivity index (χ4n) is 2.21. The quantitative estimate of drug-likeness (QED) is 0.780. The summed E-state index contributed by atoms with van der Waals surface area (Å²) in [5.41, 5.74) is 1.40. The van der Waals surface area contributed by atoms with Gasteiger partial charge in [0.05, 0.1) is 0 Å². The Labute approximate surface area is 106 Å². The second-order valence-electron chi connectivity index (χ2n) is 4.82. The molecule has 1 aromatic rings. The number of benzene rings is 1. The van der Waals surface area contributed by atoms with Crippen molar-refractivity contribution in [2.24, 2.45) is 5.92 Å². The van der Waals surface area contributed by atoms with E-state index in [1.165, 1.54) is 5.56 Å². The van der Waals surface area contributed by atoms with E-state index in [4.69, 9.17) is 0 Å². The van der Waals surface area contributed by atoms with E-state index in [0.717, 1.165) is 19.6 Å². The first kappa shape index (κ1) is 14.2. The predicted molar refractivity (Wildman–Crippen MR) is 75.1 cm³/mol. The Hall–Kier alpha value is -0.860. The van der Waals surface area contributed by atoms with Crippen LogP contribution in [0.2, 0.25) is 0 Å². The first-order valence-corrected chi connectivity index (χ1v) is 6.61. The maximum absolute atomic E-state index is 3.26.